The first-order chi connectivity index (χ1) is 10.1. The molecule has 118 valence electrons. The number of hydrogen-bond acceptors (Lipinski definition) is 2. The lowest BCUT2D eigenvalue weighted by Gasteiger charge is -2.35. The lowest BCUT2D eigenvalue weighted by Crippen LogP contribution is -2.40. The molecule has 0 saturated heterocycles. The topological polar surface area (TPSA) is 15.3 Å². The third-order valence-corrected chi connectivity index (χ3v) is 4.72. The second-order valence-electron chi connectivity index (χ2n) is 6.87. The van der Waals surface area contributed by atoms with Crippen LogP contribution in [0.3, 0.4) is 0 Å². The molecule has 1 aromatic rings. The molecule has 2 rings (SSSR count). The second-order valence-corrected chi connectivity index (χ2v) is 6.87. The molecule has 1 aromatic carbocycles. The number of hydrogen-bond donors (Lipinski definition) is 1. The van der Waals surface area contributed by atoms with Gasteiger partial charge in [0.2, 0.25) is 0 Å². The molecule has 1 fully saturated rings. The predicted octanol–water partition coefficient (Wildman–Crippen LogP) is 4.05. The van der Waals surface area contributed by atoms with Crippen LogP contribution in [0, 0.1) is 13.8 Å². The first kappa shape index (κ1) is 16.5. The van der Waals surface area contributed by atoms with Gasteiger partial charge in [-0.2, -0.15) is 0 Å². The summed E-state index contributed by atoms with van der Waals surface area (Å²) < 4.78 is 0. The quantitative estimate of drug-likeness (QED) is 0.849. The van der Waals surface area contributed by atoms with E-state index in [9.17, 15) is 0 Å². The van der Waals surface area contributed by atoms with Crippen LogP contribution in [0.1, 0.15) is 55.7 Å². The zero-order valence-corrected chi connectivity index (χ0v) is 14.3. The zero-order chi connectivity index (χ0) is 15.2. The van der Waals surface area contributed by atoms with Crippen molar-refractivity contribution in [1.29, 1.82) is 0 Å². The van der Waals surface area contributed by atoms with E-state index in [1.54, 1.807) is 0 Å². The van der Waals surface area contributed by atoms with Crippen LogP contribution in [0.15, 0.2) is 18.2 Å². The Morgan fingerprint density at radius 1 is 1.05 bits per heavy atom. The maximum Gasteiger partial charge on any atom is 0.0233 e. The monoisotopic (exact) mass is 288 g/mol. The minimum absolute atomic E-state index is 0.755. The van der Waals surface area contributed by atoms with Crippen molar-refractivity contribution in [1.82, 2.24) is 10.2 Å². The van der Waals surface area contributed by atoms with Gasteiger partial charge in [0.15, 0.2) is 0 Å². The lowest BCUT2D eigenvalue weighted by atomic mass is 9.90. The van der Waals surface area contributed by atoms with Crippen molar-refractivity contribution in [3.8, 4) is 0 Å². The van der Waals surface area contributed by atoms with Crippen LogP contribution in [-0.2, 0) is 6.54 Å². The number of nitrogens with one attached hydrogen (secondary N) is 1. The maximum absolute atomic E-state index is 3.68. The molecule has 1 saturated carbocycles. The predicted molar refractivity (Wildman–Crippen MR) is 91.7 cm³/mol. The summed E-state index contributed by atoms with van der Waals surface area (Å²) in [6, 6.07) is 8.44. The number of rotatable bonds is 6. The second kappa shape index (κ2) is 7.95. The van der Waals surface area contributed by atoms with Crippen LogP contribution in [0.2, 0.25) is 0 Å². The Bertz CT molecular complexity index is 413. The summed E-state index contributed by atoms with van der Waals surface area (Å²) in [4.78, 5) is 2.56. The molecule has 1 N–H and O–H groups in total. The Kier molecular flexibility index (Phi) is 6.25. The lowest BCUT2D eigenvalue weighted by molar-refractivity contribution is 0.168. The standard InChI is InChI=1S/C19H32N2/c1-5-10-20-18-6-8-19(9-7-18)21(4)14-17-12-15(2)11-16(3)13-17/h11-13,18-20H,5-10,14H2,1-4H3. The van der Waals surface area contributed by atoms with E-state index in [2.05, 4.69) is 56.2 Å². The van der Waals surface area contributed by atoms with Crippen LogP contribution in [-0.4, -0.2) is 30.6 Å². The Hall–Kier alpha value is -0.860. The van der Waals surface area contributed by atoms with Crippen LogP contribution in [0.25, 0.3) is 0 Å². The Labute approximate surface area is 130 Å². The average Bonchev–Trinajstić information content (AvgIpc) is 2.44. The van der Waals surface area contributed by atoms with Crippen molar-refractivity contribution < 1.29 is 0 Å². The van der Waals surface area contributed by atoms with Crippen LogP contribution in [0.4, 0.5) is 0 Å². The first-order valence-electron chi connectivity index (χ1n) is 8.59. The molecule has 1 aliphatic carbocycles. The highest BCUT2D eigenvalue weighted by atomic mass is 15.1. The van der Waals surface area contributed by atoms with Gasteiger partial charge in [-0.3, -0.25) is 4.90 Å². The summed E-state index contributed by atoms with van der Waals surface area (Å²) in [5.41, 5.74) is 4.22. The van der Waals surface area contributed by atoms with Crippen molar-refractivity contribution in [2.75, 3.05) is 13.6 Å². The van der Waals surface area contributed by atoms with Gasteiger partial charge in [-0.25, -0.2) is 0 Å². The van der Waals surface area contributed by atoms with Crippen molar-refractivity contribution in [3.63, 3.8) is 0 Å². The average molecular weight is 288 g/mol. The molecule has 0 aromatic heterocycles. The van der Waals surface area contributed by atoms with Crippen LogP contribution in [0.5, 0.6) is 0 Å². The molecular formula is C19H32N2. The third-order valence-electron chi connectivity index (χ3n) is 4.72. The Morgan fingerprint density at radius 3 is 2.24 bits per heavy atom. The molecule has 0 bridgehead atoms. The van der Waals surface area contributed by atoms with Gasteiger partial charge in [0.1, 0.15) is 0 Å². The highest BCUT2D eigenvalue weighted by Gasteiger charge is 2.23. The largest absolute Gasteiger partial charge is 0.314 e. The van der Waals surface area contributed by atoms with E-state index in [-0.39, 0.29) is 0 Å². The fraction of sp³-hybridized carbons (Fsp3) is 0.684. The van der Waals surface area contributed by atoms with Crippen LogP contribution < -0.4 is 5.32 Å². The minimum atomic E-state index is 0.755. The maximum atomic E-state index is 3.68. The molecule has 0 aliphatic heterocycles. The highest BCUT2D eigenvalue weighted by molar-refractivity contribution is 5.28. The Balaban J connectivity index is 1.83. The summed E-state index contributed by atoms with van der Waals surface area (Å²) in [7, 11) is 2.29. The number of benzene rings is 1. The molecule has 0 heterocycles. The van der Waals surface area contributed by atoms with Crippen molar-refractivity contribution in [2.24, 2.45) is 0 Å². The number of aryl methyl sites for hydroxylation is 2. The van der Waals surface area contributed by atoms with E-state index in [0.717, 1.165) is 18.6 Å². The SMILES string of the molecule is CCCNC1CCC(N(C)Cc2cc(C)cc(C)c2)CC1. The molecule has 0 amide bonds. The molecular weight excluding hydrogens is 256 g/mol. The summed E-state index contributed by atoms with van der Waals surface area (Å²) in [5, 5.41) is 3.68. The Morgan fingerprint density at radius 2 is 1.67 bits per heavy atom. The van der Waals surface area contributed by atoms with E-state index >= 15 is 0 Å². The fourth-order valence-corrected chi connectivity index (χ4v) is 3.65. The fourth-order valence-electron chi connectivity index (χ4n) is 3.65. The van der Waals surface area contributed by atoms with Gasteiger partial charge in [0.25, 0.3) is 0 Å². The van der Waals surface area contributed by atoms with Gasteiger partial charge in [0.05, 0.1) is 0 Å². The zero-order valence-electron chi connectivity index (χ0n) is 14.3. The van der Waals surface area contributed by atoms with E-state index in [0.29, 0.717) is 0 Å². The smallest absolute Gasteiger partial charge is 0.0233 e. The number of nitrogens with zero attached hydrogens (tertiary/aromatic N) is 1. The molecule has 2 nitrogen and oxygen atoms in total. The summed E-state index contributed by atoms with van der Waals surface area (Å²) in [6.07, 6.45) is 6.58. The molecule has 21 heavy (non-hydrogen) atoms. The molecule has 0 unspecified atom stereocenters. The summed E-state index contributed by atoms with van der Waals surface area (Å²) in [5.74, 6) is 0. The highest BCUT2D eigenvalue weighted by Crippen LogP contribution is 2.24. The van der Waals surface area contributed by atoms with E-state index in [1.807, 2.05) is 0 Å². The van der Waals surface area contributed by atoms with Gasteiger partial charge in [-0.05, 0) is 65.1 Å². The van der Waals surface area contributed by atoms with Crippen molar-refractivity contribution >= 4 is 0 Å². The van der Waals surface area contributed by atoms with E-state index < -0.39 is 0 Å². The van der Waals surface area contributed by atoms with E-state index in [4.69, 9.17) is 0 Å². The van der Waals surface area contributed by atoms with Gasteiger partial charge in [0, 0.05) is 18.6 Å². The van der Waals surface area contributed by atoms with Crippen LogP contribution >= 0.6 is 0 Å². The summed E-state index contributed by atoms with van der Waals surface area (Å²) >= 11 is 0. The van der Waals surface area contributed by atoms with Crippen molar-refractivity contribution in [2.45, 2.75) is 71.5 Å². The molecule has 2 heteroatoms. The minimum Gasteiger partial charge on any atom is -0.314 e. The molecule has 0 spiro atoms. The van der Waals surface area contributed by atoms with E-state index in [1.165, 1.54) is 55.3 Å². The van der Waals surface area contributed by atoms with Gasteiger partial charge in [-0.15, -0.1) is 0 Å². The van der Waals surface area contributed by atoms with Gasteiger partial charge >= 0.3 is 0 Å². The first-order valence-corrected chi connectivity index (χ1v) is 8.59. The summed E-state index contributed by atoms with van der Waals surface area (Å²) in [6.45, 7) is 8.90. The third kappa shape index (κ3) is 5.12. The van der Waals surface area contributed by atoms with Gasteiger partial charge in [-0.1, -0.05) is 36.2 Å². The molecule has 1 aliphatic rings. The van der Waals surface area contributed by atoms with Gasteiger partial charge < -0.3 is 5.32 Å². The molecule has 0 radical (unpaired) electrons. The molecule has 0 atom stereocenters. The normalized spacial score (nSPS) is 22.7. The van der Waals surface area contributed by atoms with Crippen molar-refractivity contribution in [3.05, 3.63) is 34.9 Å².